The van der Waals surface area contributed by atoms with E-state index < -0.39 is 0 Å². The van der Waals surface area contributed by atoms with E-state index in [9.17, 15) is 4.79 Å². The molecular formula is C10H18O3. The maximum atomic E-state index is 10.4. The Bertz CT molecular complexity index is 145. The zero-order chi connectivity index (χ0) is 9.52. The van der Waals surface area contributed by atoms with Crippen LogP contribution in [-0.4, -0.2) is 25.3 Å². The molecule has 0 radical (unpaired) electrons. The predicted octanol–water partition coefficient (Wildman–Crippen LogP) is 1.90. The molecule has 0 N–H and O–H groups in total. The summed E-state index contributed by atoms with van der Waals surface area (Å²) in [4.78, 5) is 10.4. The van der Waals surface area contributed by atoms with Crippen molar-refractivity contribution in [2.75, 3.05) is 13.2 Å². The molecule has 13 heavy (non-hydrogen) atoms. The minimum absolute atomic E-state index is 0.103. The third kappa shape index (κ3) is 6.58. The van der Waals surface area contributed by atoms with Crippen molar-refractivity contribution in [2.45, 2.75) is 45.1 Å². The molecule has 0 aromatic rings. The maximum absolute atomic E-state index is 10.4. The lowest BCUT2D eigenvalue weighted by Gasteiger charge is -2.21. The molecular weight excluding hydrogens is 168 g/mol. The van der Waals surface area contributed by atoms with Crippen LogP contribution in [0, 0.1) is 0 Å². The smallest absolute Gasteiger partial charge is 0.302 e. The maximum Gasteiger partial charge on any atom is 0.302 e. The van der Waals surface area contributed by atoms with Gasteiger partial charge in [0.05, 0.1) is 13.2 Å². The number of hydrogen-bond acceptors (Lipinski definition) is 3. The summed E-state index contributed by atoms with van der Waals surface area (Å²) in [6, 6.07) is 0. The molecule has 1 heterocycles. The van der Waals surface area contributed by atoms with Crippen LogP contribution in [0.5, 0.6) is 0 Å². The molecule has 0 atom stereocenters. The fourth-order valence-electron chi connectivity index (χ4n) is 1.03. The Hall–Kier alpha value is -0.570. The van der Waals surface area contributed by atoms with Gasteiger partial charge in [-0.25, -0.2) is 0 Å². The van der Waals surface area contributed by atoms with Gasteiger partial charge in [0, 0.05) is 19.8 Å². The van der Waals surface area contributed by atoms with E-state index in [-0.39, 0.29) is 12.1 Å². The highest BCUT2D eigenvalue weighted by atomic mass is 16.5. The zero-order valence-corrected chi connectivity index (χ0v) is 8.25. The van der Waals surface area contributed by atoms with Crippen molar-refractivity contribution >= 4 is 5.97 Å². The highest BCUT2D eigenvalue weighted by Crippen LogP contribution is 2.14. The van der Waals surface area contributed by atoms with Crippen LogP contribution in [0.3, 0.4) is 0 Å². The number of carbonyl (C=O) groups excluding carboxylic acids is 1. The molecule has 76 valence electrons. The first-order valence-corrected chi connectivity index (χ1v) is 5.04. The van der Waals surface area contributed by atoms with Crippen molar-refractivity contribution in [1.29, 1.82) is 0 Å². The van der Waals surface area contributed by atoms with E-state index >= 15 is 0 Å². The van der Waals surface area contributed by atoms with Crippen molar-refractivity contribution in [1.82, 2.24) is 0 Å². The minimum atomic E-state index is -0.188. The summed E-state index contributed by atoms with van der Waals surface area (Å²) in [6.07, 6.45) is 6.30. The number of esters is 1. The average Bonchev–Trinajstić information content (AvgIpc) is 2.90. The van der Waals surface area contributed by atoms with E-state index in [1.807, 2.05) is 0 Å². The number of rotatable bonds is 1. The lowest BCUT2D eigenvalue weighted by Crippen LogP contribution is -2.24. The van der Waals surface area contributed by atoms with Gasteiger partial charge < -0.3 is 9.47 Å². The van der Waals surface area contributed by atoms with Gasteiger partial charge in [-0.3, -0.25) is 4.79 Å². The molecule has 2 aliphatic rings. The topological polar surface area (TPSA) is 35.5 Å². The first-order chi connectivity index (χ1) is 6.29. The number of carbonyl (C=O) groups is 1. The standard InChI is InChI=1S/C7H12O3.C3H6/c1-6(8)10-7-2-4-9-5-3-7;1-2-3-1/h7H,2-5H2,1H3;1-3H2. The fraction of sp³-hybridized carbons (Fsp3) is 0.900. The van der Waals surface area contributed by atoms with Crippen molar-refractivity contribution in [3.8, 4) is 0 Å². The summed E-state index contributed by atoms with van der Waals surface area (Å²) in [6.45, 7) is 2.88. The Morgan fingerprint density at radius 3 is 2.15 bits per heavy atom. The molecule has 0 amide bonds. The summed E-state index contributed by atoms with van der Waals surface area (Å²) in [5.74, 6) is -0.188. The third-order valence-corrected chi connectivity index (χ3v) is 1.85. The quantitative estimate of drug-likeness (QED) is 0.587. The molecule has 1 aliphatic carbocycles. The molecule has 0 unspecified atom stereocenters. The molecule has 1 saturated heterocycles. The Labute approximate surface area is 79.4 Å². The summed E-state index contributed by atoms with van der Waals surface area (Å²) in [7, 11) is 0. The van der Waals surface area contributed by atoms with Crippen molar-refractivity contribution < 1.29 is 14.3 Å². The fourth-order valence-corrected chi connectivity index (χ4v) is 1.03. The van der Waals surface area contributed by atoms with Gasteiger partial charge in [0.2, 0.25) is 0 Å². The Balaban J connectivity index is 0.000000236. The number of ether oxygens (including phenoxy) is 2. The largest absolute Gasteiger partial charge is 0.462 e. The number of hydrogen-bond donors (Lipinski definition) is 0. The first kappa shape index (κ1) is 10.5. The van der Waals surface area contributed by atoms with Gasteiger partial charge in [-0.15, -0.1) is 0 Å². The second-order valence-electron chi connectivity index (χ2n) is 3.48. The van der Waals surface area contributed by atoms with Crippen LogP contribution in [0.4, 0.5) is 0 Å². The van der Waals surface area contributed by atoms with Crippen molar-refractivity contribution in [2.24, 2.45) is 0 Å². The second-order valence-corrected chi connectivity index (χ2v) is 3.48. The zero-order valence-electron chi connectivity index (χ0n) is 8.25. The van der Waals surface area contributed by atoms with Crippen molar-refractivity contribution in [3.05, 3.63) is 0 Å². The third-order valence-electron chi connectivity index (χ3n) is 1.85. The summed E-state index contributed by atoms with van der Waals surface area (Å²) in [5.41, 5.74) is 0. The highest BCUT2D eigenvalue weighted by Gasteiger charge is 2.15. The Morgan fingerprint density at radius 1 is 1.23 bits per heavy atom. The van der Waals surface area contributed by atoms with Crippen LogP contribution in [-0.2, 0) is 14.3 Å². The molecule has 1 aliphatic heterocycles. The van der Waals surface area contributed by atoms with Gasteiger partial charge in [0.1, 0.15) is 6.10 Å². The van der Waals surface area contributed by atoms with E-state index in [1.165, 1.54) is 26.2 Å². The molecule has 1 saturated carbocycles. The first-order valence-electron chi connectivity index (χ1n) is 5.04. The van der Waals surface area contributed by atoms with E-state index in [1.54, 1.807) is 0 Å². The molecule has 0 spiro atoms. The van der Waals surface area contributed by atoms with E-state index in [0.29, 0.717) is 0 Å². The van der Waals surface area contributed by atoms with Crippen molar-refractivity contribution in [3.63, 3.8) is 0 Å². The monoisotopic (exact) mass is 186 g/mol. The van der Waals surface area contributed by atoms with Gasteiger partial charge in [-0.05, 0) is 0 Å². The lowest BCUT2D eigenvalue weighted by atomic mass is 10.2. The van der Waals surface area contributed by atoms with Gasteiger partial charge in [0.15, 0.2) is 0 Å². The molecule has 3 heteroatoms. The Kier molecular flexibility index (Phi) is 4.83. The van der Waals surface area contributed by atoms with E-state index in [4.69, 9.17) is 9.47 Å². The lowest BCUT2D eigenvalue weighted by molar-refractivity contribution is -0.150. The molecule has 2 rings (SSSR count). The molecule has 0 bridgehead atoms. The normalized spacial score (nSPS) is 21.3. The SMILES string of the molecule is C1CC1.CC(=O)OC1CCOCC1. The Morgan fingerprint density at radius 2 is 1.77 bits per heavy atom. The van der Waals surface area contributed by atoms with Crippen LogP contribution in [0.2, 0.25) is 0 Å². The van der Waals surface area contributed by atoms with Gasteiger partial charge in [-0.2, -0.15) is 0 Å². The van der Waals surface area contributed by atoms with Crippen LogP contribution in [0.25, 0.3) is 0 Å². The average molecular weight is 186 g/mol. The van der Waals surface area contributed by atoms with Gasteiger partial charge in [-0.1, -0.05) is 19.3 Å². The van der Waals surface area contributed by atoms with Crippen LogP contribution >= 0.6 is 0 Å². The van der Waals surface area contributed by atoms with Crippen LogP contribution in [0.1, 0.15) is 39.0 Å². The van der Waals surface area contributed by atoms with Crippen LogP contribution in [0.15, 0.2) is 0 Å². The second kappa shape index (κ2) is 5.97. The molecule has 3 nitrogen and oxygen atoms in total. The summed E-state index contributed by atoms with van der Waals surface area (Å²) >= 11 is 0. The van der Waals surface area contributed by atoms with Gasteiger partial charge in [0.25, 0.3) is 0 Å². The molecule has 0 aromatic carbocycles. The predicted molar refractivity (Wildman–Crippen MR) is 49.5 cm³/mol. The van der Waals surface area contributed by atoms with E-state index in [0.717, 1.165) is 26.1 Å². The van der Waals surface area contributed by atoms with E-state index in [2.05, 4.69) is 0 Å². The van der Waals surface area contributed by atoms with Gasteiger partial charge >= 0.3 is 5.97 Å². The summed E-state index contributed by atoms with van der Waals surface area (Å²) in [5, 5.41) is 0. The molecule has 0 aromatic heterocycles. The molecule has 2 fully saturated rings. The highest BCUT2D eigenvalue weighted by molar-refractivity contribution is 5.66. The van der Waals surface area contributed by atoms with Crippen LogP contribution < -0.4 is 0 Å². The minimum Gasteiger partial charge on any atom is -0.462 e. The summed E-state index contributed by atoms with van der Waals surface area (Å²) < 4.78 is 10.1.